The maximum atomic E-state index is 13.3. The average molecular weight is 531 g/mol. The molecule has 0 aliphatic carbocycles. The molecule has 3 N–H and O–H groups in total. The summed E-state index contributed by atoms with van der Waals surface area (Å²) in [5.41, 5.74) is 3.95. The number of pyridine rings is 1. The van der Waals surface area contributed by atoms with Crippen LogP contribution in [0.25, 0.3) is 5.69 Å². The molecule has 0 radical (unpaired) electrons. The number of hydrogen-bond acceptors (Lipinski definition) is 7. The van der Waals surface area contributed by atoms with Gasteiger partial charge in [-0.2, -0.15) is 18.3 Å². The summed E-state index contributed by atoms with van der Waals surface area (Å²) in [5.74, 6) is -1.22. The number of aromatic nitrogens is 3. The Morgan fingerprint density at radius 2 is 2.00 bits per heavy atom. The lowest BCUT2D eigenvalue weighted by Gasteiger charge is -2.25. The summed E-state index contributed by atoms with van der Waals surface area (Å²) >= 11 is 3.10. The number of nitrogens with one attached hydrogen (secondary N) is 1. The molecule has 0 saturated carbocycles. The van der Waals surface area contributed by atoms with Gasteiger partial charge in [0.1, 0.15) is 0 Å². The first-order valence-corrected chi connectivity index (χ1v) is 11.4. The largest absolute Gasteiger partial charge is 0.750 e. The molecule has 3 atom stereocenters. The predicted molar refractivity (Wildman–Crippen MR) is 120 cm³/mol. The van der Waals surface area contributed by atoms with E-state index in [2.05, 4.69) is 19.6 Å². The van der Waals surface area contributed by atoms with Gasteiger partial charge in [-0.15, -0.1) is 0 Å². The van der Waals surface area contributed by atoms with Gasteiger partial charge in [-0.25, -0.2) is 8.89 Å². The summed E-state index contributed by atoms with van der Waals surface area (Å²) in [6.07, 6.45) is -3.34. The number of alkyl halides is 3. The van der Waals surface area contributed by atoms with Gasteiger partial charge in [0.05, 0.1) is 40.9 Å². The normalized spacial score (nSPS) is 15.3. The topological polar surface area (TPSA) is 135 Å². The molecular formula is C21H20ClF3N5O4S-. The van der Waals surface area contributed by atoms with Crippen molar-refractivity contribution in [3.8, 4) is 5.69 Å². The molecule has 0 bridgehead atoms. The molecule has 0 spiro atoms. The van der Waals surface area contributed by atoms with Gasteiger partial charge >= 0.3 is 6.18 Å². The summed E-state index contributed by atoms with van der Waals surface area (Å²) < 4.78 is 67.0. The first kappa shape index (κ1) is 26.8. The highest BCUT2D eigenvalue weighted by Crippen LogP contribution is 2.30. The molecule has 3 rings (SSSR count). The minimum Gasteiger partial charge on any atom is -0.750 e. The van der Waals surface area contributed by atoms with Gasteiger partial charge in [0.25, 0.3) is 0 Å². The van der Waals surface area contributed by atoms with Gasteiger partial charge in [-0.3, -0.25) is 19.7 Å². The second-order valence-electron chi connectivity index (χ2n) is 7.72. The highest BCUT2D eigenvalue weighted by atomic mass is 35.5. The summed E-state index contributed by atoms with van der Waals surface area (Å²) in [7, 11) is 0. The fourth-order valence-corrected chi connectivity index (χ4v) is 3.69. The lowest BCUT2D eigenvalue weighted by atomic mass is 10.0. The van der Waals surface area contributed by atoms with E-state index in [1.165, 1.54) is 37.4 Å². The standard InChI is InChI=1S/C21H21ClF3N5O4S/c1-12(13-6-7-17(27-10-13)20(2,26)34-35(32)33)19(31)28-11-16-9-18(21(23,24)25)29-30(16)15-5-3-4-14(22)8-15/h3-10,12H,11,26H2,1-2H3,(H,28,31)(H,32,33)/p-1. The Kier molecular flexibility index (Phi) is 7.97. The SMILES string of the molecule is CC(C(=O)NCc1cc(C(F)(F)F)nn1-c1cccc(Cl)c1)c1ccc(C(C)(N)OS(=O)[O-])nc1. The monoisotopic (exact) mass is 530 g/mol. The second-order valence-corrected chi connectivity index (χ2v) is 8.73. The third kappa shape index (κ3) is 6.64. The average Bonchev–Trinajstić information content (AvgIpc) is 3.21. The lowest BCUT2D eigenvalue weighted by Crippen LogP contribution is -2.37. The number of nitrogens with zero attached hydrogens (tertiary/aromatic N) is 3. The van der Waals surface area contributed by atoms with Gasteiger partial charge in [0, 0.05) is 11.2 Å². The van der Waals surface area contributed by atoms with Gasteiger partial charge in [-0.1, -0.05) is 23.7 Å². The highest BCUT2D eigenvalue weighted by Gasteiger charge is 2.35. The molecule has 35 heavy (non-hydrogen) atoms. The van der Waals surface area contributed by atoms with Crippen LogP contribution < -0.4 is 11.1 Å². The van der Waals surface area contributed by atoms with Crippen molar-refractivity contribution in [2.24, 2.45) is 5.73 Å². The Hall–Kier alpha value is -2.84. The Bertz CT molecular complexity index is 1230. The van der Waals surface area contributed by atoms with Crippen molar-refractivity contribution in [2.75, 3.05) is 0 Å². The van der Waals surface area contributed by atoms with E-state index in [1.807, 2.05) is 0 Å². The fraction of sp³-hybridized carbons (Fsp3) is 0.286. The zero-order valence-electron chi connectivity index (χ0n) is 18.4. The Labute approximate surface area is 205 Å². The van der Waals surface area contributed by atoms with Crippen molar-refractivity contribution in [1.82, 2.24) is 20.1 Å². The van der Waals surface area contributed by atoms with Crippen LogP contribution >= 0.6 is 11.6 Å². The first-order valence-electron chi connectivity index (χ1n) is 10.0. The van der Waals surface area contributed by atoms with E-state index in [-0.39, 0.29) is 17.9 Å². The maximum Gasteiger partial charge on any atom is 0.435 e. The minimum absolute atomic E-state index is 0.0928. The minimum atomic E-state index is -4.68. The molecular weight excluding hydrogens is 511 g/mol. The summed E-state index contributed by atoms with van der Waals surface area (Å²) in [6.45, 7) is 2.64. The van der Waals surface area contributed by atoms with Gasteiger partial charge < -0.3 is 9.87 Å². The van der Waals surface area contributed by atoms with Crippen LogP contribution in [0.5, 0.6) is 0 Å². The number of rotatable bonds is 8. The molecule has 14 heteroatoms. The molecule has 9 nitrogen and oxygen atoms in total. The van der Waals surface area contributed by atoms with Crippen molar-refractivity contribution in [3.05, 3.63) is 76.3 Å². The van der Waals surface area contributed by atoms with Crippen LogP contribution in [-0.2, 0) is 38.8 Å². The number of benzene rings is 1. The predicted octanol–water partition coefficient (Wildman–Crippen LogP) is 3.30. The summed E-state index contributed by atoms with van der Waals surface area (Å²) in [6, 6.07) is 9.92. The molecule has 0 fully saturated rings. The van der Waals surface area contributed by atoms with E-state index in [0.29, 0.717) is 16.3 Å². The molecule has 1 aromatic carbocycles. The molecule has 0 aliphatic heterocycles. The number of carbonyl (C=O) groups is 1. The molecule has 1 amide bonds. The first-order chi connectivity index (χ1) is 16.3. The van der Waals surface area contributed by atoms with E-state index in [0.717, 1.165) is 10.7 Å². The number of hydrogen-bond donors (Lipinski definition) is 2. The van der Waals surface area contributed by atoms with E-state index in [4.69, 9.17) is 17.3 Å². The van der Waals surface area contributed by atoms with Crippen LogP contribution in [0, 0.1) is 0 Å². The van der Waals surface area contributed by atoms with Crippen LogP contribution in [0.1, 0.15) is 42.4 Å². The van der Waals surface area contributed by atoms with Crippen molar-refractivity contribution >= 4 is 28.9 Å². The van der Waals surface area contributed by atoms with E-state index >= 15 is 0 Å². The summed E-state index contributed by atoms with van der Waals surface area (Å²) in [5, 5.41) is 6.54. The molecule has 0 aliphatic rings. The highest BCUT2D eigenvalue weighted by molar-refractivity contribution is 7.74. The van der Waals surface area contributed by atoms with Gasteiger partial charge in [0.15, 0.2) is 11.4 Å². The molecule has 2 aromatic heterocycles. The van der Waals surface area contributed by atoms with E-state index in [1.54, 1.807) is 19.1 Å². The fourth-order valence-electron chi connectivity index (χ4n) is 3.14. The van der Waals surface area contributed by atoms with Crippen molar-refractivity contribution in [2.45, 2.75) is 38.2 Å². The Balaban J connectivity index is 1.76. The number of amides is 1. The maximum absolute atomic E-state index is 13.3. The third-order valence-corrected chi connectivity index (χ3v) is 5.72. The van der Waals surface area contributed by atoms with Crippen LogP contribution in [0.2, 0.25) is 5.02 Å². The Morgan fingerprint density at radius 3 is 2.57 bits per heavy atom. The van der Waals surface area contributed by atoms with Crippen molar-refractivity contribution in [3.63, 3.8) is 0 Å². The molecule has 3 aromatic rings. The Morgan fingerprint density at radius 1 is 1.29 bits per heavy atom. The molecule has 0 saturated heterocycles. The third-order valence-electron chi connectivity index (χ3n) is 5.00. The van der Waals surface area contributed by atoms with E-state index in [9.17, 15) is 26.7 Å². The van der Waals surface area contributed by atoms with Crippen molar-refractivity contribution < 1.29 is 30.9 Å². The lowest BCUT2D eigenvalue weighted by molar-refractivity contribution is -0.141. The van der Waals surface area contributed by atoms with Crippen LogP contribution in [-0.4, -0.2) is 29.4 Å². The molecule has 3 unspecified atom stereocenters. The van der Waals surface area contributed by atoms with Crippen LogP contribution in [0.3, 0.4) is 0 Å². The van der Waals surface area contributed by atoms with Crippen LogP contribution in [0.4, 0.5) is 13.2 Å². The molecule has 2 heterocycles. The van der Waals surface area contributed by atoms with Crippen molar-refractivity contribution in [1.29, 1.82) is 0 Å². The second kappa shape index (κ2) is 10.4. The quantitative estimate of drug-likeness (QED) is 0.337. The van der Waals surface area contributed by atoms with Gasteiger partial charge in [0.2, 0.25) is 5.91 Å². The zero-order chi connectivity index (χ0) is 26.0. The summed E-state index contributed by atoms with van der Waals surface area (Å²) in [4.78, 5) is 16.8. The van der Waals surface area contributed by atoms with E-state index < -0.39 is 40.8 Å². The zero-order valence-corrected chi connectivity index (χ0v) is 19.9. The number of carbonyl (C=O) groups excluding carboxylic acids is 1. The number of halogens is 4. The van der Waals surface area contributed by atoms with Gasteiger partial charge in [-0.05, 0) is 49.7 Å². The van der Waals surface area contributed by atoms with Crippen LogP contribution in [0.15, 0.2) is 48.7 Å². The molecule has 188 valence electrons. The smallest absolute Gasteiger partial charge is 0.435 e. The number of nitrogens with two attached hydrogens (primary N) is 1.